The Hall–Kier alpha value is -0.800. The van der Waals surface area contributed by atoms with Gasteiger partial charge in [-0.2, -0.15) is 0 Å². The van der Waals surface area contributed by atoms with Crippen LogP contribution in [-0.4, -0.2) is 0 Å². The molecule has 0 saturated heterocycles. The molecule has 0 aliphatic heterocycles. The predicted molar refractivity (Wildman–Crippen MR) is 70.3 cm³/mol. The first-order valence-corrected chi connectivity index (χ1v) is 6.36. The summed E-state index contributed by atoms with van der Waals surface area (Å²) in [6.45, 7) is 4.29. The first-order valence-electron chi connectivity index (χ1n) is 5.57. The number of fused-ring (bicyclic) bond motifs is 1. The zero-order chi connectivity index (χ0) is 11.7. The van der Waals surface area contributed by atoms with Gasteiger partial charge in [-0.05, 0) is 34.0 Å². The standard InChI is InChI=1S/C13H16BrNO/c1-3-8(2)12(15)11-7-9-5-4-6-10(14)13(9)16-11/h4-8,12H,3,15H2,1-2H3/t8?,12-/m1/s1. The number of rotatable bonds is 3. The second kappa shape index (κ2) is 4.60. The molecule has 2 aromatic rings. The van der Waals surface area contributed by atoms with Crippen LogP contribution in [0.25, 0.3) is 11.0 Å². The van der Waals surface area contributed by atoms with Crippen LogP contribution < -0.4 is 5.73 Å². The van der Waals surface area contributed by atoms with Gasteiger partial charge in [-0.15, -0.1) is 0 Å². The summed E-state index contributed by atoms with van der Waals surface area (Å²) in [5.41, 5.74) is 7.04. The molecule has 0 aliphatic carbocycles. The molecule has 1 unspecified atom stereocenters. The molecule has 1 aromatic heterocycles. The normalized spacial score (nSPS) is 15.2. The van der Waals surface area contributed by atoms with Gasteiger partial charge in [0.15, 0.2) is 0 Å². The lowest BCUT2D eigenvalue weighted by Crippen LogP contribution is -2.17. The summed E-state index contributed by atoms with van der Waals surface area (Å²) in [7, 11) is 0. The van der Waals surface area contributed by atoms with Crippen LogP contribution >= 0.6 is 15.9 Å². The van der Waals surface area contributed by atoms with Crippen LogP contribution in [0.2, 0.25) is 0 Å². The monoisotopic (exact) mass is 281 g/mol. The van der Waals surface area contributed by atoms with E-state index in [0.29, 0.717) is 5.92 Å². The van der Waals surface area contributed by atoms with Crippen LogP contribution in [0.4, 0.5) is 0 Å². The van der Waals surface area contributed by atoms with Crippen molar-refractivity contribution < 1.29 is 4.42 Å². The summed E-state index contributed by atoms with van der Waals surface area (Å²) < 4.78 is 6.79. The molecule has 3 heteroatoms. The number of hydrogen-bond acceptors (Lipinski definition) is 2. The van der Waals surface area contributed by atoms with Gasteiger partial charge in [0, 0.05) is 5.39 Å². The van der Waals surface area contributed by atoms with Crippen molar-refractivity contribution in [3.8, 4) is 0 Å². The highest BCUT2D eigenvalue weighted by molar-refractivity contribution is 9.10. The summed E-state index contributed by atoms with van der Waals surface area (Å²) in [6.07, 6.45) is 1.05. The van der Waals surface area contributed by atoms with E-state index >= 15 is 0 Å². The molecule has 1 aromatic carbocycles. The molecule has 2 nitrogen and oxygen atoms in total. The van der Waals surface area contributed by atoms with E-state index < -0.39 is 0 Å². The van der Waals surface area contributed by atoms with Crippen molar-refractivity contribution in [1.82, 2.24) is 0 Å². The minimum Gasteiger partial charge on any atom is -0.458 e. The molecule has 0 bridgehead atoms. The summed E-state index contributed by atoms with van der Waals surface area (Å²) in [5.74, 6) is 1.30. The highest BCUT2D eigenvalue weighted by Crippen LogP contribution is 2.31. The van der Waals surface area contributed by atoms with E-state index in [1.165, 1.54) is 0 Å². The number of benzene rings is 1. The average Bonchev–Trinajstić information content (AvgIpc) is 2.72. The minimum atomic E-state index is -0.0238. The third-order valence-corrected chi connectivity index (χ3v) is 3.73. The Labute approximate surface area is 104 Å². The summed E-state index contributed by atoms with van der Waals surface area (Å²) in [6, 6.07) is 8.03. The van der Waals surface area contributed by atoms with Crippen LogP contribution in [0.3, 0.4) is 0 Å². The zero-order valence-electron chi connectivity index (χ0n) is 9.53. The topological polar surface area (TPSA) is 39.2 Å². The maximum atomic E-state index is 6.15. The molecule has 0 aliphatic rings. The molecule has 0 spiro atoms. The Morgan fingerprint density at radius 3 is 2.81 bits per heavy atom. The molecule has 1 heterocycles. The van der Waals surface area contributed by atoms with Gasteiger partial charge >= 0.3 is 0 Å². The third kappa shape index (κ3) is 2.02. The number of para-hydroxylation sites is 1. The zero-order valence-corrected chi connectivity index (χ0v) is 11.1. The summed E-state index contributed by atoms with van der Waals surface area (Å²) in [5, 5.41) is 1.10. The van der Waals surface area contributed by atoms with E-state index in [9.17, 15) is 0 Å². The molecule has 0 saturated carbocycles. The van der Waals surface area contributed by atoms with Gasteiger partial charge in [0.2, 0.25) is 0 Å². The van der Waals surface area contributed by atoms with E-state index in [0.717, 1.165) is 27.6 Å². The molecule has 0 fully saturated rings. The number of hydrogen-bond donors (Lipinski definition) is 1. The van der Waals surface area contributed by atoms with Crippen LogP contribution in [-0.2, 0) is 0 Å². The van der Waals surface area contributed by atoms with E-state index in [-0.39, 0.29) is 6.04 Å². The molecule has 0 amide bonds. The first kappa shape index (κ1) is 11.7. The lowest BCUT2D eigenvalue weighted by molar-refractivity contribution is 0.388. The number of nitrogens with two attached hydrogens (primary N) is 1. The molecule has 16 heavy (non-hydrogen) atoms. The Balaban J connectivity index is 2.43. The van der Waals surface area contributed by atoms with Crippen LogP contribution in [0.15, 0.2) is 33.2 Å². The van der Waals surface area contributed by atoms with Gasteiger partial charge < -0.3 is 10.2 Å². The molecule has 2 N–H and O–H groups in total. The first-order chi connectivity index (χ1) is 7.63. The summed E-state index contributed by atoms with van der Waals surface area (Å²) in [4.78, 5) is 0. The molecule has 86 valence electrons. The SMILES string of the molecule is CCC(C)[C@@H](N)c1cc2cccc(Br)c2o1. The molecular weight excluding hydrogens is 266 g/mol. The van der Waals surface area contributed by atoms with Crippen molar-refractivity contribution in [3.05, 3.63) is 34.5 Å². The third-order valence-electron chi connectivity index (χ3n) is 3.10. The van der Waals surface area contributed by atoms with E-state index in [4.69, 9.17) is 10.2 Å². The highest BCUT2D eigenvalue weighted by Gasteiger charge is 2.18. The van der Waals surface area contributed by atoms with Gasteiger partial charge in [0.25, 0.3) is 0 Å². The average molecular weight is 282 g/mol. The Morgan fingerprint density at radius 2 is 2.19 bits per heavy atom. The molecule has 2 rings (SSSR count). The van der Waals surface area contributed by atoms with Gasteiger partial charge in [0.05, 0.1) is 10.5 Å². The molecule has 0 radical (unpaired) electrons. The smallest absolute Gasteiger partial charge is 0.148 e. The quantitative estimate of drug-likeness (QED) is 0.914. The van der Waals surface area contributed by atoms with Gasteiger partial charge in [-0.25, -0.2) is 0 Å². The lowest BCUT2D eigenvalue weighted by Gasteiger charge is -2.15. The Morgan fingerprint density at radius 1 is 1.44 bits per heavy atom. The van der Waals surface area contributed by atoms with Crippen molar-refractivity contribution >= 4 is 26.9 Å². The Kier molecular flexibility index (Phi) is 3.36. The van der Waals surface area contributed by atoms with Crippen molar-refractivity contribution in [2.45, 2.75) is 26.3 Å². The van der Waals surface area contributed by atoms with Crippen LogP contribution in [0.5, 0.6) is 0 Å². The second-order valence-electron chi connectivity index (χ2n) is 4.22. The van der Waals surface area contributed by atoms with Crippen molar-refractivity contribution in [1.29, 1.82) is 0 Å². The van der Waals surface area contributed by atoms with Crippen molar-refractivity contribution in [3.63, 3.8) is 0 Å². The van der Waals surface area contributed by atoms with E-state index in [1.807, 2.05) is 24.3 Å². The lowest BCUT2D eigenvalue weighted by atomic mass is 9.98. The molecule has 2 atom stereocenters. The van der Waals surface area contributed by atoms with Gasteiger partial charge in [0.1, 0.15) is 11.3 Å². The van der Waals surface area contributed by atoms with Crippen LogP contribution in [0, 0.1) is 5.92 Å². The fourth-order valence-corrected chi connectivity index (χ4v) is 2.21. The minimum absolute atomic E-state index is 0.0238. The van der Waals surface area contributed by atoms with Crippen molar-refractivity contribution in [2.75, 3.05) is 0 Å². The van der Waals surface area contributed by atoms with Crippen LogP contribution in [0.1, 0.15) is 32.1 Å². The Bertz CT molecular complexity index is 492. The highest BCUT2D eigenvalue weighted by atomic mass is 79.9. The largest absolute Gasteiger partial charge is 0.458 e. The maximum absolute atomic E-state index is 6.15. The molecular formula is C13H16BrNO. The van der Waals surface area contributed by atoms with Gasteiger partial charge in [-0.1, -0.05) is 32.4 Å². The van der Waals surface area contributed by atoms with Crippen molar-refractivity contribution in [2.24, 2.45) is 11.7 Å². The summed E-state index contributed by atoms with van der Waals surface area (Å²) >= 11 is 3.48. The predicted octanol–water partition coefficient (Wildman–Crippen LogP) is 4.24. The van der Waals surface area contributed by atoms with E-state index in [2.05, 4.69) is 29.8 Å². The van der Waals surface area contributed by atoms with Gasteiger partial charge in [-0.3, -0.25) is 0 Å². The van der Waals surface area contributed by atoms with E-state index in [1.54, 1.807) is 0 Å². The second-order valence-corrected chi connectivity index (χ2v) is 5.07. The fourth-order valence-electron chi connectivity index (χ4n) is 1.75. The fraction of sp³-hybridized carbons (Fsp3) is 0.385. The number of halogens is 1. The maximum Gasteiger partial charge on any atom is 0.148 e. The number of furan rings is 1.